The molecule has 0 bridgehead atoms. The number of nitrogens with zero attached hydrogens (tertiary/aromatic N) is 4. The Hall–Kier alpha value is -3.12. The molecule has 1 N–H and O–H groups in total. The summed E-state index contributed by atoms with van der Waals surface area (Å²) in [5, 5.41) is 11.7. The number of hydrogen-bond donors (Lipinski definition) is 1. The molecule has 1 aliphatic rings. The van der Waals surface area contributed by atoms with E-state index in [9.17, 15) is 18.0 Å². The Morgan fingerprint density at radius 2 is 1.79 bits per heavy atom. The van der Waals surface area contributed by atoms with E-state index in [1.54, 1.807) is 24.3 Å². The molecule has 0 spiro atoms. The SMILES string of the molecule is C[C@@H](C(=O)Nc1ccc(C#N)cc1)N1CCN(c2ccc(C(F)(F)F)cn2)CC1. The van der Waals surface area contributed by atoms with Crippen molar-refractivity contribution in [2.45, 2.75) is 19.1 Å². The van der Waals surface area contributed by atoms with E-state index in [0.717, 1.165) is 12.3 Å². The summed E-state index contributed by atoms with van der Waals surface area (Å²) in [6.45, 7) is 4.11. The van der Waals surface area contributed by atoms with Crippen LogP contribution in [0, 0.1) is 11.3 Å². The molecule has 1 aromatic carbocycles. The zero-order chi connectivity index (χ0) is 21.0. The fraction of sp³-hybridized carbons (Fsp3) is 0.350. The van der Waals surface area contributed by atoms with E-state index in [-0.39, 0.29) is 11.9 Å². The molecule has 0 unspecified atom stereocenters. The predicted molar refractivity (Wildman–Crippen MR) is 102 cm³/mol. The molecule has 29 heavy (non-hydrogen) atoms. The van der Waals surface area contributed by atoms with Gasteiger partial charge in [-0.3, -0.25) is 9.69 Å². The van der Waals surface area contributed by atoms with Crippen molar-refractivity contribution in [1.29, 1.82) is 5.26 Å². The number of nitriles is 1. The van der Waals surface area contributed by atoms with Crippen molar-refractivity contribution in [3.63, 3.8) is 0 Å². The van der Waals surface area contributed by atoms with Crippen LogP contribution < -0.4 is 10.2 Å². The Balaban J connectivity index is 1.54. The van der Waals surface area contributed by atoms with Crippen molar-refractivity contribution in [2.75, 3.05) is 36.4 Å². The molecule has 2 heterocycles. The topological polar surface area (TPSA) is 72.3 Å². The van der Waals surface area contributed by atoms with E-state index < -0.39 is 11.7 Å². The molecule has 1 aromatic heterocycles. The first-order chi connectivity index (χ1) is 13.8. The average molecular weight is 403 g/mol. The van der Waals surface area contributed by atoms with Gasteiger partial charge in [0.1, 0.15) is 5.82 Å². The van der Waals surface area contributed by atoms with Crippen LogP contribution in [0.15, 0.2) is 42.6 Å². The van der Waals surface area contributed by atoms with Gasteiger partial charge in [-0.1, -0.05) is 0 Å². The number of nitrogens with one attached hydrogen (secondary N) is 1. The number of halogens is 3. The monoisotopic (exact) mass is 403 g/mol. The molecular weight excluding hydrogens is 383 g/mol. The maximum absolute atomic E-state index is 12.7. The summed E-state index contributed by atoms with van der Waals surface area (Å²) < 4.78 is 38.0. The normalized spacial score (nSPS) is 16.2. The molecule has 1 saturated heterocycles. The van der Waals surface area contributed by atoms with Gasteiger partial charge in [0.25, 0.3) is 0 Å². The number of hydrogen-bond acceptors (Lipinski definition) is 5. The van der Waals surface area contributed by atoms with Gasteiger partial charge in [0.05, 0.1) is 23.2 Å². The van der Waals surface area contributed by atoms with Crippen LogP contribution in [0.4, 0.5) is 24.7 Å². The van der Waals surface area contributed by atoms with E-state index in [4.69, 9.17) is 5.26 Å². The quantitative estimate of drug-likeness (QED) is 0.849. The number of carbonyl (C=O) groups excluding carboxylic acids is 1. The first-order valence-electron chi connectivity index (χ1n) is 9.11. The van der Waals surface area contributed by atoms with Crippen LogP contribution in [0.5, 0.6) is 0 Å². The van der Waals surface area contributed by atoms with Crippen LogP contribution >= 0.6 is 0 Å². The lowest BCUT2D eigenvalue weighted by Crippen LogP contribution is -2.53. The van der Waals surface area contributed by atoms with Gasteiger partial charge < -0.3 is 10.2 Å². The van der Waals surface area contributed by atoms with Crippen molar-refractivity contribution < 1.29 is 18.0 Å². The van der Waals surface area contributed by atoms with Crippen molar-refractivity contribution in [3.8, 4) is 6.07 Å². The summed E-state index contributed by atoms with van der Waals surface area (Å²) in [7, 11) is 0. The molecule has 1 amide bonds. The Morgan fingerprint density at radius 3 is 2.31 bits per heavy atom. The number of rotatable bonds is 4. The van der Waals surface area contributed by atoms with Gasteiger partial charge in [-0.15, -0.1) is 0 Å². The molecule has 1 atom stereocenters. The van der Waals surface area contributed by atoms with Gasteiger partial charge in [0.15, 0.2) is 0 Å². The highest BCUT2D eigenvalue weighted by molar-refractivity contribution is 5.94. The number of anilines is 2. The van der Waals surface area contributed by atoms with Crippen LogP contribution in [0.25, 0.3) is 0 Å². The summed E-state index contributed by atoms with van der Waals surface area (Å²) in [5.74, 6) is 0.336. The van der Waals surface area contributed by atoms with Crippen LogP contribution in [0.3, 0.4) is 0 Å². The zero-order valence-electron chi connectivity index (χ0n) is 15.8. The number of amides is 1. The molecule has 0 saturated carbocycles. The van der Waals surface area contributed by atoms with E-state index in [0.29, 0.717) is 43.2 Å². The van der Waals surface area contributed by atoms with E-state index in [1.165, 1.54) is 6.07 Å². The highest BCUT2D eigenvalue weighted by atomic mass is 19.4. The Morgan fingerprint density at radius 1 is 1.14 bits per heavy atom. The summed E-state index contributed by atoms with van der Waals surface area (Å²) in [6.07, 6.45) is -3.56. The van der Waals surface area contributed by atoms with Crippen LogP contribution in [-0.2, 0) is 11.0 Å². The summed E-state index contributed by atoms with van der Waals surface area (Å²) in [5.41, 5.74) is 0.366. The Labute approximate surface area is 166 Å². The minimum atomic E-state index is -4.40. The van der Waals surface area contributed by atoms with Gasteiger partial charge in [0.2, 0.25) is 5.91 Å². The Kier molecular flexibility index (Phi) is 6.03. The second-order valence-electron chi connectivity index (χ2n) is 6.78. The third-order valence-corrected chi connectivity index (χ3v) is 4.92. The number of piperazine rings is 1. The molecule has 0 aliphatic carbocycles. The van der Waals surface area contributed by atoms with E-state index >= 15 is 0 Å². The first kappa shape index (κ1) is 20.6. The lowest BCUT2D eigenvalue weighted by atomic mass is 10.2. The zero-order valence-corrected chi connectivity index (χ0v) is 15.8. The van der Waals surface area contributed by atoms with Crippen molar-refractivity contribution in [1.82, 2.24) is 9.88 Å². The third kappa shape index (κ3) is 5.03. The molecule has 1 fully saturated rings. The third-order valence-electron chi connectivity index (χ3n) is 4.92. The van der Waals surface area contributed by atoms with Gasteiger partial charge >= 0.3 is 6.18 Å². The highest BCUT2D eigenvalue weighted by Crippen LogP contribution is 2.29. The fourth-order valence-corrected chi connectivity index (χ4v) is 3.12. The molecule has 6 nitrogen and oxygen atoms in total. The summed E-state index contributed by atoms with van der Waals surface area (Å²) >= 11 is 0. The largest absolute Gasteiger partial charge is 0.417 e. The van der Waals surface area contributed by atoms with Crippen LogP contribution in [0.2, 0.25) is 0 Å². The first-order valence-corrected chi connectivity index (χ1v) is 9.11. The number of carbonyl (C=O) groups is 1. The van der Waals surface area contributed by atoms with Crippen LogP contribution in [-0.4, -0.2) is 48.0 Å². The smallest absolute Gasteiger partial charge is 0.354 e. The fourth-order valence-electron chi connectivity index (χ4n) is 3.12. The van der Waals surface area contributed by atoms with Crippen LogP contribution in [0.1, 0.15) is 18.1 Å². The summed E-state index contributed by atoms with van der Waals surface area (Å²) in [6, 6.07) is 10.7. The molecule has 9 heteroatoms. The van der Waals surface area contributed by atoms with E-state index in [2.05, 4.69) is 10.3 Å². The second kappa shape index (κ2) is 8.49. The number of alkyl halides is 3. The second-order valence-corrected chi connectivity index (χ2v) is 6.78. The maximum Gasteiger partial charge on any atom is 0.417 e. The molecule has 1 aliphatic heterocycles. The van der Waals surface area contributed by atoms with Crippen molar-refractivity contribution in [3.05, 3.63) is 53.7 Å². The molecule has 152 valence electrons. The summed E-state index contributed by atoms with van der Waals surface area (Å²) in [4.78, 5) is 20.3. The minimum absolute atomic E-state index is 0.157. The average Bonchev–Trinajstić information content (AvgIpc) is 2.73. The molecule has 2 aromatic rings. The van der Waals surface area contributed by atoms with Gasteiger partial charge in [-0.25, -0.2) is 4.98 Å². The number of aromatic nitrogens is 1. The van der Waals surface area contributed by atoms with Crippen molar-refractivity contribution in [2.24, 2.45) is 0 Å². The van der Waals surface area contributed by atoms with E-state index in [1.807, 2.05) is 22.8 Å². The molecular formula is C20H20F3N5O. The number of benzene rings is 1. The minimum Gasteiger partial charge on any atom is -0.354 e. The number of pyridine rings is 1. The van der Waals surface area contributed by atoms with Crippen molar-refractivity contribution >= 4 is 17.4 Å². The van der Waals surface area contributed by atoms with Gasteiger partial charge in [-0.2, -0.15) is 18.4 Å². The highest BCUT2D eigenvalue weighted by Gasteiger charge is 2.31. The molecule has 3 rings (SSSR count). The lowest BCUT2D eigenvalue weighted by Gasteiger charge is -2.38. The molecule has 0 radical (unpaired) electrons. The van der Waals surface area contributed by atoms with Gasteiger partial charge in [-0.05, 0) is 43.3 Å². The predicted octanol–water partition coefficient (Wildman–Crippen LogP) is 3.12. The lowest BCUT2D eigenvalue weighted by molar-refractivity contribution is -0.137. The Bertz CT molecular complexity index is 882. The van der Waals surface area contributed by atoms with Gasteiger partial charge in [0, 0.05) is 38.1 Å². The maximum atomic E-state index is 12.7. The standard InChI is InChI=1S/C20H20F3N5O/c1-14(19(29)26-17-5-2-15(12-24)3-6-17)27-8-10-28(11-9-27)18-7-4-16(13-25-18)20(21,22)23/h2-7,13-14H,8-11H2,1H3,(H,26,29)/t14-/m0/s1.